The molecule has 1 atom stereocenters. The van der Waals surface area contributed by atoms with Crippen LogP contribution in [0.15, 0.2) is 24.8 Å². The van der Waals surface area contributed by atoms with Gasteiger partial charge < -0.3 is 9.84 Å². The van der Waals surface area contributed by atoms with Gasteiger partial charge in [-0.05, 0) is 32.1 Å². The summed E-state index contributed by atoms with van der Waals surface area (Å²) in [6.07, 6.45) is 38.6. The Morgan fingerprint density at radius 1 is 0.641 bits per heavy atom. The average Bonchev–Trinajstić information content (AvgIpc) is 2.93. The Morgan fingerprint density at radius 3 is 1.41 bits per heavy atom. The third kappa shape index (κ3) is 29.2. The van der Waals surface area contributed by atoms with Crippen molar-refractivity contribution in [1.82, 2.24) is 0 Å². The number of carbonyl (C=O) groups is 2. The lowest BCUT2D eigenvalue weighted by atomic mass is 9.97. The average molecular weight is 549 g/mol. The largest absolute Gasteiger partial charge is 0.481 e. The molecule has 0 amide bonds. The highest BCUT2D eigenvalue weighted by molar-refractivity contribution is 5.78. The lowest BCUT2D eigenvalue weighted by Gasteiger charge is -2.11. The number of ether oxygens (including phenoxy) is 1. The highest BCUT2D eigenvalue weighted by atomic mass is 16.5. The van der Waals surface area contributed by atoms with Crippen molar-refractivity contribution in [1.29, 1.82) is 0 Å². The van der Waals surface area contributed by atoms with Crippen LogP contribution in [0.3, 0.4) is 0 Å². The van der Waals surface area contributed by atoms with E-state index in [1.54, 1.807) is 0 Å². The maximum atomic E-state index is 11.6. The highest BCUT2D eigenvalue weighted by Crippen LogP contribution is 2.17. The fourth-order valence-corrected chi connectivity index (χ4v) is 5.13. The summed E-state index contributed by atoms with van der Waals surface area (Å²) in [5, 5.41) is 9.31. The number of rotatable bonds is 31. The van der Waals surface area contributed by atoms with E-state index in [4.69, 9.17) is 4.74 Å². The van der Waals surface area contributed by atoms with Crippen molar-refractivity contribution in [3.05, 3.63) is 24.8 Å². The van der Waals surface area contributed by atoms with Gasteiger partial charge in [0, 0.05) is 0 Å². The number of hydrogen-bond acceptors (Lipinski definition) is 3. The first kappa shape index (κ1) is 37.4. The van der Waals surface area contributed by atoms with Crippen LogP contribution in [0, 0.1) is 5.92 Å². The molecule has 0 aromatic carbocycles. The van der Waals surface area contributed by atoms with Crippen molar-refractivity contribution in [3.8, 4) is 0 Å². The zero-order chi connectivity index (χ0) is 28.7. The maximum Gasteiger partial charge on any atom is 0.307 e. The fraction of sp³-hybridized carbons (Fsp3) is 0.829. The van der Waals surface area contributed by atoms with E-state index in [2.05, 4.69) is 25.7 Å². The molecule has 0 saturated heterocycles. The van der Waals surface area contributed by atoms with E-state index in [-0.39, 0.29) is 13.0 Å². The molecular formula is C35H64O4. The SMILES string of the molecule is C=CCOC(=O)CC(CCCCCCCC/C=C/CCCCCCCCCCCCCCCCCC)C(=O)O. The topological polar surface area (TPSA) is 63.6 Å². The molecule has 0 fully saturated rings. The van der Waals surface area contributed by atoms with Gasteiger partial charge in [0.25, 0.3) is 0 Å². The summed E-state index contributed by atoms with van der Waals surface area (Å²) < 4.78 is 4.91. The van der Waals surface area contributed by atoms with Crippen LogP contribution in [0.25, 0.3) is 0 Å². The van der Waals surface area contributed by atoms with E-state index in [1.807, 2.05) is 0 Å². The Balaban J connectivity index is 3.35. The van der Waals surface area contributed by atoms with Gasteiger partial charge in [-0.3, -0.25) is 9.59 Å². The predicted octanol–water partition coefficient (Wildman–Crippen LogP) is 11.1. The number of allylic oxidation sites excluding steroid dienone is 2. The van der Waals surface area contributed by atoms with Gasteiger partial charge in [-0.2, -0.15) is 0 Å². The van der Waals surface area contributed by atoms with Crippen LogP contribution < -0.4 is 0 Å². The van der Waals surface area contributed by atoms with E-state index in [0.717, 1.165) is 19.3 Å². The van der Waals surface area contributed by atoms with Gasteiger partial charge in [0.2, 0.25) is 0 Å². The molecule has 0 bridgehead atoms. The number of unbranched alkanes of at least 4 members (excludes halogenated alkanes) is 22. The molecule has 0 spiro atoms. The molecule has 0 heterocycles. The quantitative estimate of drug-likeness (QED) is 0.0531. The van der Waals surface area contributed by atoms with Gasteiger partial charge in [0.1, 0.15) is 6.61 Å². The molecule has 0 aliphatic rings. The number of carboxylic acid groups (broad SMARTS) is 1. The molecule has 4 nitrogen and oxygen atoms in total. The minimum atomic E-state index is -0.906. The van der Waals surface area contributed by atoms with Crippen molar-refractivity contribution in [2.45, 2.75) is 174 Å². The fourth-order valence-electron chi connectivity index (χ4n) is 5.13. The lowest BCUT2D eigenvalue weighted by Crippen LogP contribution is -2.19. The molecule has 228 valence electrons. The van der Waals surface area contributed by atoms with E-state index < -0.39 is 17.9 Å². The Kier molecular flexibility index (Phi) is 29.7. The third-order valence-electron chi connectivity index (χ3n) is 7.69. The van der Waals surface area contributed by atoms with Gasteiger partial charge in [0.15, 0.2) is 0 Å². The summed E-state index contributed by atoms with van der Waals surface area (Å²) in [7, 11) is 0. The molecule has 0 radical (unpaired) electrons. The van der Waals surface area contributed by atoms with Crippen LogP contribution in [0.5, 0.6) is 0 Å². The zero-order valence-electron chi connectivity index (χ0n) is 25.8. The summed E-state index contributed by atoms with van der Waals surface area (Å²) >= 11 is 0. The van der Waals surface area contributed by atoms with Crippen LogP contribution in [0.4, 0.5) is 0 Å². The Labute approximate surface area is 242 Å². The van der Waals surface area contributed by atoms with Gasteiger partial charge in [-0.25, -0.2) is 0 Å². The molecule has 39 heavy (non-hydrogen) atoms. The summed E-state index contributed by atoms with van der Waals surface area (Å²) in [5.74, 6) is -2.00. The Morgan fingerprint density at radius 2 is 1.03 bits per heavy atom. The van der Waals surface area contributed by atoms with Gasteiger partial charge >= 0.3 is 11.9 Å². The van der Waals surface area contributed by atoms with Crippen LogP contribution in [-0.2, 0) is 14.3 Å². The second-order valence-electron chi connectivity index (χ2n) is 11.5. The van der Waals surface area contributed by atoms with Gasteiger partial charge in [-0.1, -0.05) is 160 Å². The number of carboxylic acids is 1. The summed E-state index contributed by atoms with van der Waals surface area (Å²) in [6, 6.07) is 0. The molecular weight excluding hydrogens is 484 g/mol. The second kappa shape index (κ2) is 31.0. The number of aliphatic carboxylic acids is 1. The molecule has 0 aliphatic carbocycles. The van der Waals surface area contributed by atoms with E-state index >= 15 is 0 Å². The molecule has 0 aliphatic heterocycles. The van der Waals surface area contributed by atoms with Crippen LogP contribution in [0.1, 0.15) is 174 Å². The van der Waals surface area contributed by atoms with Gasteiger partial charge in [-0.15, -0.1) is 0 Å². The zero-order valence-corrected chi connectivity index (χ0v) is 25.8. The van der Waals surface area contributed by atoms with Crippen molar-refractivity contribution in [2.75, 3.05) is 6.61 Å². The third-order valence-corrected chi connectivity index (χ3v) is 7.69. The number of esters is 1. The number of hydrogen-bond donors (Lipinski definition) is 1. The minimum absolute atomic E-state index is 0.0467. The predicted molar refractivity (Wildman–Crippen MR) is 167 cm³/mol. The first-order valence-electron chi connectivity index (χ1n) is 16.8. The number of carbonyl (C=O) groups excluding carboxylic acids is 1. The van der Waals surface area contributed by atoms with Crippen molar-refractivity contribution in [3.63, 3.8) is 0 Å². The first-order chi connectivity index (χ1) is 19.1. The minimum Gasteiger partial charge on any atom is -0.481 e. The van der Waals surface area contributed by atoms with Crippen molar-refractivity contribution >= 4 is 11.9 Å². The van der Waals surface area contributed by atoms with E-state index in [9.17, 15) is 14.7 Å². The molecule has 4 heteroatoms. The Hall–Kier alpha value is -1.58. The monoisotopic (exact) mass is 548 g/mol. The Bertz CT molecular complexity index is 583. The lowest BCUT2D eigenvalue weighted by molar-refractivity contribution is -0.151. The molecule has 0 aromatic rings. The van der Waals surface area contributed by atoms with Crippen LogP contribution in [-0.4, -0.2) is 23.7 Å². The summed E-state index contributed by atoms with van der Waals surface area (Å²) in [5.41, 5.74) is 0. The normalized spacial score (nSPS) is 12.1. The highest BCUT2D eigenvalue weighted by Gasteiger charge is 2.21. The first-order valence-corrected chi connectivity index (χ1v) is 16.8. The molecule has 1 N–H and O–H groups in total. The van der Waals surface area contributed by atoms with E-state index in [1.165, 1.54) is 141 Å². The summed E-state index contributed by atoms with van der Waals surface area (Å²) in [4.78, 5) is 23.0. The van der Waals surface area contributed by atoms with Crippen LogP contribution >= 0.6 is 0 Å². The smallest absolute Gasteiger partial charge is 0.307 e. The van der Waals surface area contributed by atoms with Crippen molar-refractivity contribution in [2.24, 2.45) is 5.92 Å². The molecule has 0 aromatic heterocycles. The van der Waals surface area contributed by atoms with Crippen molar-refractivity contribution < 1.29 is 19.4 Å². The molecule has 0 saturated carbocycles. The molecule has 1 unspecified atom stereocenters. The summed E-state index contributed by atoms with van der Waals surface area (Å²) in [6.45, 7) is 5.92. The standard InChI is InChI=1S/C35H64O4/c1-3-5-6-7-8-9-10-11-12-13-14-15-16-17-18-19-20-21-22-23-24-25-26-27-28-29-30-33(35(37)38)32-34(36)39-31-4-2/h4,21-22,33H,2-3,5-20,23-32H2,1H3,(H,37,38)/b22-21+. The van der Waals surface area contributed by atoms with E-state index in [0.29, 0.717) is 6.42 Å². The maximum absolute atomic E-state index is 11.6. The van der Waals surface area contributed by atoms with Crippen LogP contribution in [0.2, 0.25) is 0 Å². The molecule has 0 rings (SSSR count). The van der Waals surface area contributed by atoms with Gasteiger partial charge in [0.05, 0.1) is 12.3 Å². The second-order valence-corrected chi connectivity index (χ2v) is 11.5.